The van der Waals surface area contributed by atoms with Crippen LogP contribution in [0, 0.1) is 0 Å². The Morgan fingerprint density at radius 1 is 1.20 bits per heavy atom. The van der Waals surface area contributed by atoms with Crippen LogP contribution in [-0.2, 0) is 4.79 Å². The van der Waals surface area contributed by atoms with Gasteiger partial charge in [-0.1, -0.05) is 13.3 Å². The van der Waals surface area contributed by atoms with Gasteiger partial charge >= 0.3 is 12.0 Å². The molecule has 2 atom stereocenters. The molecule has 0 heterocycles. The van der Waals surface area contributed by atoms with Crippen molar-refractivity contribution in [1.29, 1.82) is 0 Å². The van der Waals surface area contributed by atoms with Crippen LogP contribution in [0.4, 0.5) is 4.79 Å². The number of nitrogens with one attached hydrogen (secondary N) is 2. The van der Waals surface area contributed by atoms with E-state index in [9.17, 15) is 9.59 Å². The van der Waals surface area contributed by atoms with E-state index in [0.717, 1.165) is 12.8 Å². The lowest BCUT2D eigenvalue weighted by molar-refractivity contribution is -0.137. The van der Waals surface area contributed by atoms with Gasteiger partial charge in [0.1, 0.15) is 0 Å². The van der Waals surface area contributed by atoms with E-state index in [1.807, 2.05) is 13.8 Å². The highest BCUT2D eigenvalue weighted by Crippen LogP contribution is 1.95. The molecule has 0 aromatic rings. The average Bonchev–Trinajstić information content (AvgIpc) is 2.00. The van der Waals surface area contributed by atoms with Crippen molar-refractivity contribution in [2.24, 2.45) is 0 Å². The minimum atomic E-state index is -0.913. The molecule has 0 saturated carbocycles. The summed E-state index contributed by atoms with van der Waals surface area (Å²) in [6, 6.07) is -0.534. The second-order valence-electron chi connectivity index (χ2n) is 3.81. The molecular weight excluding hydrogens is 196 g/mol. The number of hydrogen-bond acceptors (Lipinski definition) is 2. The van der Waals surface area contributed by atoms with E-state index in [1.54, 1.807) is 6.92 Å². The highest BCUT2D eigenvalue weighted by molar-refractivity contribution is 5.75. The Hall–Kier alpha value is -1.26. The third-order valence-electron chi connectivity index (χ3n) is 1.96. The number of carboxylic acid groups (broad SMARTS) is 1. The first kappa shape index (κ1) is 13.7. The predicted octanol–water partition coefficient (Wildman–Crippen LogP) is 1.34. The number of amides is 2. The molecule has 0 rings (SSSR count). The summed E-state index contributed by atoms with van der Waals surface area (Å²) in [5, 5.41) is 13.8. The Bertz CT molecular complexity index is 219. The highest BCUT2D eigenvalue weighted by atomic mass is 16.4. The third-order valence-corrected chi connectivity index (χ3v) is 1.96. The number of carbonyl (C=O) groups excluding carboxylic acids is 1. The Morgan fingerprint density at radius 3 is 2.20 bits per heavy atom. The van der Waals surface area contributed by atoms with Crippen LogP contribution >= 0.6 is 0 Å². The molecule has 88 valence electrons. The molecule has 15 heavy (non-hydrogen) atoms. The van der Waals surface area contributed by atoms with Gasteiger partial charge in [0, 0.05) is 12.1 Å². The van der Waals surface area contributed by atoms with E-state index in [4.69, 9.17) is 5.11 Å². The Labute approximate surface area is 90.2 Å². The summed E-state index contributed by atoms with van der Waals surface area (Å²) in [7, 11) is 0. The standard InChI is InChI=1S/C10H20N2O3/c1-4-5-7(2)11-10(15)12-8(3)6-9(13)14/h7-8H,4-6H2,1-3H3,(H,13,14)(H2,11,12,15). The average molecular weight is 216 g/mol. The van der Waals surface area contributed by atoms with Crippen LogP contribution in [0.5, 0.6) is 0 Å². The second-order valence-corrected chi connectivity index (χ2v) is 3.81. The Kier molecular flexibility index (Phi) is 6.49. The summed E-state index contributed by atoms with van der Waals surface area (Å²) >= 11 is 0. The van der Waals surface area contributed by atoms with Gasteiger partial charge in [-0.05, 0) is 20.3 Å². The van der Waals surface area contributed by atoms with Gasteiger partial charge in [0.05, 0.1) is 6.42 Å². The van der Waals surface area contributed by atoms with Crippen molar-refractivity contribution in [3.05, 3.63) is 0 Å². The fourth-order valence-electron chi connectivity index (χ4n) is 1.31. The van der Waals surface area contributed by atoms with Crippen molar-refractivity contribution in [1.82, 2.24) is 10.6 Å². The maximum Gasteiger partial charge on any atom is 0.315 e. The van der Waals surface area contributed by atoms with E-state index < -0.39 is 5.97 Å². The number of rotatable bonds is 6. The first-order chi connectivity index (χ1) is 6.95. The van der Waals surface area contributed by atoms with Crippen LogP contribution in [0.3, 0.4) is 0 Å². The minimum Gasteiger partial charge on any atom is -0.481 e. The molecule has 0 bridgehead atoms. The smallest absolute Gasteiger partial charge is 0.315 e. The SMILES string of the molecule is CCCC(C)NC(=O)NC(C)CC(=O)O. The Morgan fingerprint density at radius 2 is 1.73 bits per heavy atom. The fraction of sp³-hybridized carbons (Fsp3) is 0.800. The lowest BCUT2D eigenvalue weighted by Crippen LogP contribution is -2.45. The van der Waals surface area contributed by atoms with Crippen molar-refractivity contribution >= 4 is 12.0 Å². The number of hydrogen-bond donors (Lipinski definition) is 3. The second kappa shape index (κ2) is 7.09. The highest BCUT2D eigenvalue weighted by Gasteiger charge is 2.11. The summed E-state index contributed by atoms with van der Waals surface area (Å²) in [5.74, 6) is -0.913. The molecule has 3 N–H and O–H groups in total. The van der Waals surface area contributed by atoms with Gasteiger partial charge in [0.15, 0.2) is 0 Å². The summed E-state index contributed by atoms with van der Waals surface area (Å²) in [4.78, 5) is 21.6. The van der Waals surface area contributed by atoms with Crippen molar-refractivity contribution in [3.63, 3.8) is 0 Å². The number of urea groups is 1. The van der Waals surface area contributed by atoms with Crippen LogP contribution in [0.1, 0.15) is 40.0 Å². The van der Waals surface area contributed by atoms with Gasteiger partial charge < -0.3 is 15.7 Å². The van der Waals surface area contributed by atoms with Crippen molar-refractivity contribution in [2.45, 2.75) is 52.1 Å². The zero-order valence-corrected chi connectivity index (χ0v) is 9.54. The van der Waals surface area contributed by atoms with Gasteiger partial charge in [0.25, 0.3) is 0 Å². The molecule has 0 aromatic carbocycles. The third kappa shape index (κ3) is 7.78. The van der Waals surface area contributed by atoms with E-state index in [2.05, 4.69) is 10.6 Å². The van der Waals surface area contributed by atoms with Gasteiger partial charge in [-0.3, -0.25) is 4.79 Å². The van der Waals surface area contributed by atoms with E-state index in [0.29, 0.717) is 0 Å². The molecule has 0 fully saturated rings. The number of carboxylic acids is 1. The molecule has 0 radical (unpaired) electrons. The molecule has 0 aliphatic carbocycles. The number of carbonyl (C=O) groups is 2. The molecule has 2 amide bonds. The predicted molar refractivity (Wildman–Crippen MR) is 57.8 cm³/mol. The summed E-state index contributed by atoms with van der Waals surface area (Å²) in [5.41, 5.74) is 0. The quantitative estimate of drug-likeness (QED) is 0.627. The van der Waals surface area contributed by atoms with Crippen LogP contribution in [0.15, 0.2) is 0 Å². The maximum absolute atomic E-state index is 11.3. The normalized spacial score (nSPS) is 14.1. The van der Waals surface area contributed by atoms with Crippen LogP contribution < -0.4 is 10.6 Å². The summed E-state index contributed by atoms with van der Waals surface area (Å²) < 4.78 is 0. The van der Waals surface area contributed by atoms with Crippen molar-refractivity contribution < 1.29 is 14.7 Å². The zero-order valence-electron chi connectivity index (χ0n) is 9.54. The molecule has 5 nitrogen and oxygen atoms in total. The van der Waals surface area contributed by atoms with Gasteiger partial charge in [-0.25, -0.2) is 4.79 Å². The van der Waals surface area contributed by atoms with Crippen molar-refractivity contribution in [3.8, 4) is 0 Å². The lowest BCUT2D eigenvalue weighted by Gasteiger charge is -2.16. The lowest BCUT2D eigenvalue weighted by atomic mass is 10.2. The monoisotopic (exact) mass is 216 g/mol. The molecule has 0 aliphatic heterocycles. The first-order valence-electron chi connectivity index (χ1n) is 5.24. The molecule has 0 aliphatic rings. The molecule has 2 unspecified atom stereocenters. The zero-order chi connectivity index (χ0) is 11.8. The molecule has 0 spiro atoms. The van der Waals surface area contributed by atoms with Crippen LogP contribution in [0.2, 0.25) is 0 Å². The van der Waals surface area contributed by atoms with E-state index in [-0.39, 0.29) is 24.5 Å². The van der Waals surface area contributed by atoms with Gasteiger partial charge in [-0.15, -0.1) is 0 Å². The first-order valence-corrected chi connectivity index (χ1v) is 5.24. The van der Waals surface area contributed by atoms with E-state index >= 15 is 0 Å². The molecule has 0 aromatic heterocycles. The minimum absolute atomic E-state index is 0.0599. The van der Waals surface area contributed by atoms with Crippen LogP contribution in [-0.4, -0.2) is 29.2 Å². The molecular formula is C10H20N2O3. The van der Waals surface area contributed by atoms with E-state index in [1.165, 1.54) is 0 Å². The fourth-order valence-corrected chi connectivity index (χ4v) is 1.31. The van der Waals surface area contributed by atoms with Crippen molar-refractivity contribution in [2.75, 3.05) is 0 Å². The largest absolute Gasteiger partial charge is 0.481 e. The number of aliphatic carboxylic acids is 1. The molecule has 0 saturated heterocycles. The van der Waals surface area contributed by atoms with Crippen LogP contribution in [0.25, 0.3) is 0 Å². The summed E-state index contributed by atoms with van der Waals surface area (Å²) in [6.45, 7) is 5.63. The summed E-state index contributed by atoms with van der Waals surface area (Å²) in [6.07, 6.45) is 1.86. The molecule has 5 heteroatoms. The Balaban J connectivity index is 3.77. The van der Waals surface area contributed by atoms with Gasteiger partial charge in [0.2, 0.25) is 0 Å². The van der Waals surface area contributed by atoms with Gasteiger partial charge in [-0.2, -0.15) is 0 Å². The topological polar surface area (TPSA) is 78.4 Å². The maximum atomic E-state index is 11.3.